The number of carbonyl (C=O) groups is 1. The number of nitrogens with zero attached hydrogens (tertiary/aromatic N) is 4. The average Bonchev–Trinajstić information content (AvgIpc) is 3.24. The Kier molecular flexibility index (Phi) is 3.93. The SMILES string of the molecule is O=C1OC2(CCC(c3nc4nc(Cl)ncc4[nH]3)CC2)CN1C1C=CC=CC1. The largest absolute Gasteiger partial charge is 0.441 e. The molecule has 1 unspecified atom stereocenters. The minimum Gasteiger partial charge on any atom is -0.441 e. The minimum absolute atomic E-state index is 0.110. The number of rotatable bonds is 2. The maximum absolute atomic E-state index is 12.4. The van der Waals surface area contributed by atoms with Crippen molar-refractivity contribution in [3.8, 4) is 0 Å². The molecule has 2 aliphatic carbocycles. The summed E-state index contributed by atoms with van der Waals surface area (Å²) in [6.07, 6.45) is 14.0. The Bertz CT molecular complexity index is 945. The fraction of sp³-hybridized carbons (Fsp3) is 0.474. The molecule has 1 atom stereocenters. The van der Waals surface area contributed by atoms with Gasteiger partial charge < -0.3 is 9.72 Å². The Hall–Kier alpha value is -2.41. The quantitative estimate of drug-likeness (QED) is 0.796. The Labute approximate surface area is 161 Å². The zero-order valence-electron chi connectivity index (χ0n) is 14.8. The Morgan fingerprint density at radius 3 is 2.89 bits per heavy atom. The molecular formula is C19H20ClN5O2. The summed E-state index contributed by atoms with van der Waals surface area (Å²) in [7, 11) is 0. The van der Waals surface area contributed by atoms with E-state index < -0.39 is 0 Å². The van der Waals surface area contributed by atoms with Gasteiger partial charge in [-0.15, -0.1) is 0 Å². The molecule has 2 aromatic heterocycles. The second-order valence-electron chi connectivity index (χ2n) is 7.57. The van der Waals surface area contributed by atoms with Crippen molar-refractivity contribution in [3.63, 3.8) is 0 Å². The van der Waals surface area contributed by atoms with Crippen LogP contribution in [-0.2, 0) is 4.74 Å². The molecular weight excluding hydrogens is 366 g/mol. The van der Waals surface area contributed by atoms with Crippen molar-refractivity contribution in [1.82, 2.24) is 24.8 Å². The van der Waals surface area contributed by atoms with Gasteiger partial charge in [0.05, 0.1) is 18.8 Å². The van der Waals surface area contributed by atoms with Gasteiger partial charge in [-0.3, -0.25) is 4.90 Å². The van der Waals surface area contributed by atoms with Crippen molar-refractivity contribution in [2.45, 2.75) is 49.7 Å². The first kappa shape index (κ1) is 16.7. The molecule has 140 valence electrons. The molecule has 2 aromatic rings. The van der Waals surface area contributed by atoms with E-state index in [1.165, 1.54) is 0 Å². The molecule has 1 spiro atoms. The molecule has 27 heavy (non-hydrogen) atoms. The molecule has 1 amide bonds. The normalized spacial score (nSPS) is 30.4. The van der Waals surface area contributed by atoms with E-state index in [9.17, 15) is 4.79 Å². The molecule has 1 saturated heterocycles. The zero-order valence-corrected chi connectivity index (χ0v) is 15.5. The number of ether oxygens (including phenoxy) is 1. The van der Waals surface area contributed by atoms with Gasteiger partial charge >= 0.3 is 6.09 Å². The van der Waals surface area contributed by atoms with Gasteiger partial charge in [0.25, 0.3) is 0 Å². The summed E-state index contributed by atoms with van der Waals surface area (Å²) in [5.74, 6) is 1.21. The number of aromatic nitrogens is 4. The highest BCUT2D eigenvalue weighted by Crippen LogP contribution is 2.43. The predicted octanol–water partition coefficient (Wildman–Crippen LogP) is 3.74. The summed E-state index contributed by atoms with van der Waals surface area (Å²) in [4.78, 5) is 30.4. The number of hydrogen-bond acceptors (Lipinski definition) is 5. The van der Waals surface area contributed by atoms with Crippen molar-refractivity contribution in [1.29, 1.82) is 0 Å². The van der Waals surface area contributed by atoms with E-state index in [-0.39, 0.29) is 23.0 Å². The van der Waals surface area contributed by atoms with E-state index >= 15 is 0 Å². The Balaban J connectivity index is 1.28. The van der Waals surface area contributed by atoms with E-state index in [4.69, 9.17) is 16.3 Å². The summed E-state index contributed by atoms with van der Waals surface area (Å²) >= 11 is 5.85. The smallest absolute Gasteiger partial charge is 0.411 e. The van der Waals surface area contributed by atoms with Gasteiger partial charge in [0.1, 0.15) is 16.9 Å². The fourth-order valence-electron chi connectivity index (χ4n) is 4.38. The molecule has 2 fully saturated rings. The molecule has 1 saturated carbocycles. The number of hydrogen-bond donors (Lipinski definition) is 1. The van der Waals surface area contributed by atoms with Crippen LogP contribution in [0.4, 0.5) is 4.79 Å². The van der Waals surface area contributed by atoms with E-state index in [0.29, 0.717) is 18.1 Å². The molecule has 5 rings (SSSR count). The highest BCUT2D eigenvalue weighted by atomic mass is 35.5. The Morgan fingerprint density at radius 2 is 2.11 bits per heavy atom. The summed E-state index contributed by atoms with van der Waals surface area (Å²) in [6.45, 7) is 0.669. The van der Waals surface area contributed by atoms with Crippen LogP contribution in [0, 0.1) is 0 Å². The van der Waals surface area contributed by atoms with Crippen molar-refractivity contribution >= 4 is 28.9 Å². The van der Waals surface area contributed by atoms with Gasteiger partial charge in [-0.05, 0) is 43.7 Å². The molecule has 8 heteroatoms. The van der Waals surface area contributed by atoms with E-state index in [2.05, 4.69) is 32.1 Å². The van der Waals surface area contributed by atoms with Crippen LogP contribution in [0.2, 0.25) is 5.28 Å². The molecule has 1 aliphatic heterocycles. The van der Waals surface area contributed by atoms with Crippen LogP contribution in [-0.4, -0.2) is 49.1 Å². The molecule has 0 bridgehead atoms. The van der Waals surface area contributed by atoms with Crippen LogP contribution in [0.15, 0.2) is 30.5 Å². The minimum atomic E-state index is -0.363. The number of H-pyrrole nitrogens is 1. The summed E-state index contributed by atoms with van der Waals surface area (Å²) in [5, 5.41) is 0.202. The molecule has 3 heterocycles. The summed E-state index contributed by atoms with van der Waals surface area (Å²) in [5.41, 5.74) is 1.03. The first-order chi connectivity index (χ1) is 13.1. The third-order valence-corrected chi connectivity index (χ3v) is 6.05. The summed E-state index contributed by atoms with van der Waals surface area (Å²) in [6, 6.07) is 0.110. The maximum Gasteiger partial charge on any atom is 0.411 e. The van der Waals surface area contributed by atoms with E-state index in [0.717, 1.165) is 43.4 Å². The van der Waals surface area contributed by atoms with Crippen LogP contribution >= 0.6 is 11.6 Å². The van der Waals surface area contributed by atoms with Crippen molar-refractivity contribution in [2.24, 2.45) is 0 Å². The van der Waals surface area contributed by atoms with Gasteiger partial charge in [-0.25, -0.2) is 14.8 Å². The molecule has 0 radical (unpaired) electrons. The van der Waals surface area contributed by atoms with Gasteiger partial charge in [-0.1, -0.05) is 24.3 Å². The lowest BCUT2D eigenvalue weighted by molar-refractivity contribution is 0.0207. The first-order valence-electron chi connectivity index (χ1n) is 9.33. The van der Waals surface area contributed by atoms with Gasteiger partial charge in [0.15, 0.2) is 5.65 Å². The van der Waals surface area contributed by atoms with E-state index in [1.807, 2.05) is 17.1 Å². The summed E-state index contributed by atoms with van der Waals surface area (Å²) < 4.78 is 5.87. The van der Waals surface area contributed by atoms with Crippen molar-refractivity contribution in [3.05, 3.63) is 41.6 Å². The highest BCUT2D eigenvalue weighted by molar-refractivity contribution is 6.28. The number of amides is 1. The first-order valence-corrected chi connectivity index (χ1v) is 9.71. The van der Waals surface area contributed by atoms with E-state index in [1.54, 1.807) is 6.20 Å². The van der Waals surface area contributed by atoms with Gasteiger partial charge in [0.2, 0.25) is 5.28 Å². The van der Waals surface area contributed by atoms with Crippen molar-refractivity contribution < 1.29 is 9.53 Å². The fourth-order valence-corrected chi connectivity index (χ4v) is 4.51. The van der Waals surface area contributed by atoms with Crippen LogP contribution < -0.4 is 0 Å². The van der Waals surface area contributed by atoms with Crippen LogP contribution in [0.1, 0.15) is 43.8 Å². The number of allylic oxidation sites excluding steroid dienone is 2. The molecule has 7 nitrogen and oxygen atoms in total. The maximum atomic E-state index is 12.4. The lowest BCUT2D eigenvalue weighted by atomic mass is 9.78. The third-order valence-electron chi connectivity index (χ3n) is 5.87. The predicted molar refractivity (Wildman–Crippen MR) is 101 cm³/mol. The second-order valence-corrected chi connectivity index (χ2v) is 7.91. The Morgan fingerprint density at radius 1 is 1.26 bits per heavy atom. The number of carbonyl (C=O) groups excluding carboxylic acids is 1. The molecule has 0 aromatic carbocycles. The second kappa shape index (κ2) is 6.34. The zero-order chi connectivity index (χ0) is 18.4. The standard InChI is InChI=1S/C19H20ClN5O2/c20-17-21-10-14-16(24-17)23-15(22-14)12-6-8-19(9-7-12)11-25(18(26)27-19)13-4-2-1-3-5-13/h1-4,10,12-13H,5-9,11H2,(H,21,22,23,24). The number of nitrogens with one attached hydrogen (secondary N) is 1. The monoisotopic (exact) mass is 385 g/mol. The lowest BCUT2D eigenvalue weighted by Gasteiger charge is -2.34. The van der Waals surface area contributed by atoms with Crippen LogP contribution in [0.3, 0.4) is 0 Å². The number of halogens is 1. The number of imidazole rings is 1. The van der Waals surface area contributed by atoms with Crippen LogP contribution in [0.5, 0.6) is 0 Å². The molecule has 3 aliphatic rings. The lowest BCUT2D eigenvalue weighted by Crippen LogP contribution is -2.41. The highest BCUT2D eigenvalue weighted by Gasteiger charge is 2.49. The van der Waals surface area contributed by atoms with Gasteiger partial charge in [-0.2, -0.15) is 4.98 Å². The molecule has 1 N–H and O–H groups in total. The average molecular weight is 386 g/mol. The number of fused-ring (bicyclic) bond motifs is 1. The number of aromatic amines is 1. The topological polar surface area (TPSA) is 84.0 Å². The van der Waals surface area contributed by atoms with Crippen molar-refractivity contribution in [2.75, 3.05) is 6.54 Å². The third kappa shape index (κ3) is 3.00. The van der Waals surface area contributed by atoms with Crippen LogP contribution in [0.25, 0.3) is 11.2 Å². The van der Waals surface area contributed by atoms with Gasteiger partial charge in [0, 0.05) is 5.92 Å².